The zero-order valence-corrected chi connectivity index (χ0v) is 13.4. The van der Waals surface area contributed by atoms with Crippen molar-refractivity contribution in [1.29, 1.82) is 0 Å². The van der Waals surface area contributed by atoms with Crippen LogP contribution in [0.25, 0.3) is 0 Å². The van der Waals surface area contributed by atoms with Crippen molar-refractivity contribution in [3.63, 3.8) is 0 Å². The lowest BCUT2D eigenvalue weighted by Gasteiger charge is -2.22. The second kappa shape index (κ2) is 5.37. The number of sulfonamides is 1. The highest BCUT2D eigenvalue weighted by Gasteiger charge is 2.42. The summed E-state index contributed by atoms with van der Waals surface area (Å²) in [5.74, 6) is 1.19. The molecule has 21 heavy (non-hydrogen) atoms. The number of aryl methyl sites for hydroxylation is 1. The van der Waals surface area contributed by atoms with E-state index >= 15 is 0 Å². The Morgan fingerprint density at radius 2 is 2.10 bits per heavy atom. The lowest BCUT2D eigenvalue weighted by Crippen LogP contribution is -2.38. The normalized spacial score (nSPS) is 28.4. The number of aliphatic hydroxyl groups is 1. The maximum Gasteiger partial charge on any atom is 0.244 e. The molecule has 2 N–H and O–H groups in total. The summed E-state index contributed by atoms with van der Waals surface area (Å²) < 4.78 is 29.9. The van der Waals surface area contributed by atoms with Crippen molar-refractivity contribution in [2.45, 2.75) is 57.0 Å². The van der Waals surface area contributed by atoms with Gasteiger partial charge in [0.05, 0.1) is 24.5 Å². The van der Waals surface area contributed by atoms with Gasteiger partial charge in [-0.15, -0.1) is 0 Å². The summed E-state index contributed by atoms with van der Waals surface area (Å²) in [5, 5.41) is 13.2. The van der Waals surface area contributed by atoms with Gasteiger partial charge in [0, 0.05) is 6.04 Å². The van der Waals surface area contributed by atoms with Crippen molar-refractivity contribution in [2.75, 3.05) is 6.61 Å². The predicted molar refractivity (Wildman–Crippen MR) is 78.3 cm³/mol. The van der Waals surface area contributed by atoms with Crippen LogP contribution in [0.3, 0.4) is 0 Å². The number of nitrogens with one attached hydrogen (secondary N) is 1. The first-order valence-corrected chi connectivity index (χ1v) is 9.08. The summed E-state index contributed by atoms with van der Waals surface area (Å²) in [4.78, 5) is 0.277. The van der Waals surface area contributed by atoms with E-state index in [1.165, 1.54) is 6.42 Å². The van der Waals surface area contributed by atoms with Crippen LogP contribution in [0, 0.1) is 25.7 Å². The van der Waals surface area contributed by atoms with Crippen molar-refractivity contribution >= 4 is 10.0 Å². The molecule has 0 spiro atoms. The molecule has 3 rings (SSSR count). The fourth-order valence-electron chi connectivity index (χ4n) is 4.03. The summed E-state index contributed by atoms with van der Waals surface area (Å²) in [5.41, 5.74) is 1.09. The molecule has 118 valence electrons. The smallest absolute Gasteiger partial charge is 0.244 e. The van der Waals surface area contributed by atoms with Crippen LogP contribution >= 0.6 is 0 Å². The molecule has 1 aromatic heterocycles. The molecule has 1 aromatic rings. The number of hydrogen-bond acceptors (Lipinski definition) is 4. The Morgan fingerprint density at radius 1 is 1.33 bits per heavy atom. The second-order valence-electron chi connectivity index (χ2n) is 6.35. The van der Waals surface area contributed by atoms with Crippen LogP contribution in [0.1, 0.15) is 37.1 Å². The van der Waals surface area contributed by atoms with Crippen molar-refractivity contribution < 1.29 is 13.5 Å². The van der Waals surface area contributed by atoms with E-state index in [2.05, 4.69) is 9.82 Å². The molecule has 2 fully saturated rings. The number of fused-ring (bicyclic) bond motifs is 2. The fourth-order valence-corrected chi connectivity index (χ4v) is 5.76. The number of nitrogens with zero attached hydrogens (tertiary/aromatic N) is 2. The standard InChI is InChI=1S/C14H23N3O3S/c1-9-14(10(2)17(15-9)5-6-18)21(19,20)16-13-8-11-3-4-12(13)7-11/h11-13,16,18H,3-8H2,1-2H3. The zero-order chi connectivity index (χ0) is 15.2. The van der Waals surface area contributed by atoms with E-state index in [4.69, 9.17) is 5.11 Å². The van der Waals surface area contributed by atoms with E-state index in [-0.39, 0.29) is 17.5 Å². The molecular weight excluding hydrogens is 290 g/mol. The highest BCUT2D eigenvalue weighted by atomic mass is 32.2. The van der Waals surface area contributed by atoms with Crippen LogP contribution in [0.2, 0.25) is 0 Å². The van der Waals surface area contributed by atoms with Gasteiger partial charge in [0.2, 0.25) is 10.0 Å². The molecule has 3 unspecified atom stereocenters. The van der Waals surface area contributed by atoms with Crippen LogP contribution in [-0.4, -0.2) is 36.0 Å². The predicted octanol–water partition coefficient (Wildman–Crippen LogP) is 0.959. The van der Waals surface area contributed by atoms with Crippen LogP contribution < -0.4 is 4.72 Å². The van der Waals surface area contributed by atoms with Gasteiger partial charge in [0.1, 0.15) is 4.90 Å². The maximum atomic E-state index is 12.7. The second-order valence-corrected chi connectivity index (χ2v) is 8.00. The summed E-state index contributed by atoms with van der Waals surface area (Å²) in [6.07, 6.45) is 4.51. The molecule has 6 nitrogen and oxygen atoms in total. The fraction of sp³-hybridized carbons (Fsp3) is 0.786. The van der Waals surface area contributed by atoms with E-state index in [9.17, 15) is 8.42 Å². The van der Waals surface area contributed by atoms with Gasteiger partial charge in [-0.05, 0) is 44.9 Å². The Labute approximate surface area is 125 Å². The SMILES string of the molecule is Cc1nn(CCO)c(C)c1S(=O)(=O)NC1CC2CCC1C2. The van der Waals surface area contributed by atoms with E-state index < -0.39 is 10.0 Å². The molecule has 0 aliphatic heterocycles. The quantitative estimate of drug-likeness (QED) is 0.848. The molecule has 0 aromatic carbocycles. The maximum absolute atomic E-state index is 12.7. The minimum Gasteiger partial charge on any atom is -0.394 e. The summed E-state index contributed by atoms with van der Waals surface area (Å²) >= 11 is 0. The summed E-state index contributed by atoms with van der Waals surface area (Å²) in [6.45, 7) is 3.71. The van der Waals surface area contributed by atoms with Crippen molar-refractivity contribution in [1.82, 2.24) is 14.5 Å². The molecule has 1 heterocycles. The first-order valence-electron chi connectivity index (χ1n) is 7.59. The molecule has 2 aliphatic rings. The first-order chi connectivity index (χ1) is 9.92. The number of hydrogen-bond donors (Lipinski definition) is 2. The monoisotopic (exact) mass is 313 g/mol. The number of rotatable bonds is 5. The van der Waals surface area contributed by atoms with Gasteiger partial charge in [0.25, 0.3) is 0 Å². The zero-order valence-electron chi connectivity index (χ0n) is 12.5. The van der Waals surface area contributed by atoms with Gasteiger partial charge in [-0.3, -0.25) is 4.68 Å². The van der Waals surface area contributed by atoms with Gasteiger partial charge in [-0.1, -0.05) is 6.42 Å². The Kier molecular flexibility index (Phi) is 3.83. The van der Waals surface area contributed by atoms with Crippen LogP contribution in [0.15, 0.2) is 4.90 Å². The third-order valence-electron chi connectivity index (χ3n) is 4.94. The molecule has 3 atom stereocenters. The molecule has 0 radical (unpaired) electrons. The third-order valence-corrected chi connectivity index (χ3v) is 6.68. The topological polar surface area (TPSA) is 84.2 Å². The average molecular weight is 313 g/mol. The van der Waals surface area contributed by atoms with Gasteiger partial charge in [0.15, 0.2) is 0 Å². The Bertz CT molecular complexity index is 638. The van der Waals surface area contributed by atoms with Gasteiger partial charge < -0.3 is 5.11 Å². The Hall–Kier alpha value is -0.920. The van der Waals surface area contributed by atoms with E-state index in [0.717, 1.165) is 19.3 Å². The molecule has 2 aliphatic carbocycles. The van der Waals surface area contributed by atoms with Gasteiger partial charge in [-0.2, -0.15) is 5.10 Å². The largest absolute Gasteiger partial charge is 0.394 e. The lowest BCUT2D eigenvalue weighted by molar-refractivity contribution is 0.267. The molecule has 0 saturated heterocycles. The molecular formula is C14H23N3O3S. The van der Waals surface area contributed by atoms with E-state index in [1.54, 1.807) is 18.5 Å². The first kappa shape index (κ1) is 15.0. The number of aliphatic hydroxyl groups excluding tert-OH is 1. The highest BCUT2D eigenvalue weighted by Crippen LogP contribution is 2.44. The molecule has 0 amide bonds. The van der Waals surface area contributed by atoms with E-state index in [1.807, 2.05) is 0 Å². The van der Waals surface area contributed by atoms with Crippen LogP contribution in [0.5, 0.6) is 0 Å². The van der Waals surface area contributed by atoms with Gasteiger partial charge in [-0.25, -0.2) is 13.1 Å². The highest BCUT2D eigenvalue weighted by molar-refractivity contribution is 7.89. The molecule has 7 heteroatoms. The van der Waals surface area contributed by atoms with Gasteiger partial charge >= 0.3 is 0 Å². The number of aromatic nitrogens is 2. The van der Waals surface area contributed by atoms with Crippen molar-refractivity contribution in [2.24, 2.45) is 11.8 Å². The third kappa shape index (κ3) is 2.62. The molecule has 2 bridgehead atoms. The summed E-state index contributed by atoms with van der Waals surface area (Å²) in [7, 11) is -3.54. The molecule has 2 saturated carbocycles. The van der Waals surface area contributed by atoms with Crippen LogP contribution in [-0.2, 0) is 16.6 Å². The van der Waals surface area contributed by atoms with E-state index in [0.29, 0.717) is 29.8 Å². The van der Waals surface area contributed by atoms with Crippen molar-refractivity contribution in [3.8, 4) is 0 Å². The van der Waals surface area contributed by atoms with Crippen molar-refractivity contribution in [3.05, 3.63) is 11.4 Å². The summed E-state index contributed by atoms with van der Waals surface area (Å²) in [6, 6.07) is 0.0775. The van der Waals surface area contributed by atoms with Crippen LogP contribution in [0.4, 0.5) is 0 Å². The average Bonchev–Trinajstić information content (AvgIpc) is 3.05. The minimum atomic E-state index is -3.54. The Balaban J connectivity index is 1.85. The lowest BCUT2D eigenvalue weighted by atomic mass is 9.96. The Morgan fingerprint density at radius 3 is 2.67 bits per heavy atom. The minimum absolute atomic E-state index is 0.0543.